The Balaban J connectivity index is 0.00000392. The summed E-state index contributed by atoms with van der Waals surface area (Å²) in [5, 5.41) is 23.1. The van der Waals surface area contributed by atoms with Gasteiger partial charge in [0.05, 0.1) is 64.3 Å². The molecule has 0 fully saturated rings. The first-order valence-electron chi connectivity index (χ1n) is 8.49. The Hall–Kier alpha value is -1.38. The molecule has 2 aromatic rings. The molecule has 0 radical (unpaired) electrons. The van der Waals surface area contributed by atoms with Crippen LogP contribution >= 0.6 is 0 Å². The summed E-state index contributed by atoms with van der Waals surface area (Å²) in [6.45, 7) is 0. The molecule has 10 heteroatoms. The monoisotopic (exact) mass is 628 g/mol. The Labute approximate surface area is 205 Å². The summed E-state index contributed by atoms with van der Waals surface area (Å²) in [7, 11) is 11.5. The van der Waals surface area contributed by atoms with Crippen LogP contribution in [0.5, 0.6) is 0 Å². The Morgan fingerprint density at radius 3 is 1.24 bits per heavy atom. The van der Waals surface area contributed by atoms with Crippen LogP contribution in [0.3, 0.4) is 0 Å². The van der Waals surface area contributed by atoms with E-state index >= 15 is 0 Å². The van der Waals surface area contributed by atoms with Crippen LogP contribution in [0, 0.1) is 20.2 Å². The molecule has 0 amide bonds. The topological polar surface area (TPSA) is 86.3 Å². The summed E-state index contributed by atoms with van der Waals surface area (Å²) in [4.78, 5) is 22.3. The van der Waals surface area contributed by atoms with Gasteiger partial charge in [-0.3, -0.25) is 29.2 Å². The molecule has 2 aromatic carbocycles. The van der Waals surface area contributed by atoms with Crippen molar-refractivity contribution in [3.05, 3.63) is 67.8 Å². The highest BCUT2D eigenvalue weighted by molar-refractivity contribution is 5.59. The number of rotatable bonds is 6. The summed E-state index contributed by atoms with van der Waals surface area (Å²) in [6.07, 6.45) is 0.126. The molecule has 0 N–H and O–H groups in total. The van der Waals surface area contributed by atoms with Gasteiger partial charge in [0, 0.05) is 17.5 Å². The normalized spacial score (nSPS) is 11.2. The summed E-state index contributed by atoms with van der Waals surface area (Å²) in [5.41, 5.74) is 2.45. The molecule has 0 aromatic heterocycles. The fraction of sp³-hybridized carbons (Fsp3) is 0.368. The predicted octanol–water partition coefficient (Wildman–Crippen LogP) is -2.50. The van der Waals surface area contributed by atoms with Gasteiger partial charge in [-0.25, -0.2) is 0 Å². The molecule has 0 spiro atoms. The Morgan fingerprint density at radius 1 is 0.690 bits per heavy atom. The summed E-state index contributed by atoms with van der Waals surface area (Å²) >= 11 is 0. The first-order chi connectivity index (χ1) is 12.3. The maximum Gasteiger partial charge on any atom is 0.278 e. The Morgan fingerprint density at radius 2 is 1.00 bits per heavy atom. The number of halogens is 2. The van der Waals surface area contributed by atoms with Gasteiger partial charge < -0.3 is 48.0 Å². The third-order valence-corrected chi connectivity index (χ3v) is 4.46. The smallest absolute Gasteiger partial charge is 0.278 e. The minimum atomic E-state index is -0.430. The summed E-state index contributed by atoms with van der Waals surface area (Å²) in [5.74, 6) is 0. The van der Waals surface area contributed by atoms with Crippen molar-refractivity contribution in [3.8, 4) is 0 Å². The molecule has 0 saturated carbocycles. The van der Waals surface area contributed by atoms with Crippen molar-refractivity contribution in [2.24, 2.45) is 0 Å². The predicted molar refractivity (Wildman–Crippen MR) is 108 cm³/mol. The van der Waals surface area contributed by atoms with Crippen molar-refractivity contribution < 1.29 is 57.8 Å². The van der Waals surface area contributed by atoms with Gasteiger partial charge in [-0.05, 0) is 24.3 Å². The highest BCUT2D eigenvalue weighted by Crippen LogP contribution is 2.33. The average molecular weight is 628 g/mol. The highest BCUT2D eigenvalue weighted by atomic mass is 127. The Bertz CT molecular complexity index is 833. The summed E-state index contributed by atoms with van der Waals surface area (Å²) < 4.78 is 0.888. The second kappa shape index (κ2) is 10.1. The number of nitro benzene ring substituents is 2. The zero-order valence-corrected chi connectivity index (χ0v) is 21.7. The lowest BCUT2D eigenvalue weighted by Gasteiger charge is -2.24. The van der Waals surface area contributed by atoms with Crippen molar-refractivity contribution >= 4 is 22.7 Å². The van der Waals surface area contributed by atoms with Crippen LogP contribution < -0.4 is 56.9 Å². The van der Waals surface area contributed by atoms with Crippen LogP contribution in [-0.2, 0) is 6.42 Å². The number of benzene rings is 2. The van der Waals surface area contributed by atoms with Gasteiger partial charge in [-0.2, -0.15) is 0 Å². The van der Waals surface area contributed by atoms with Crippen LogP contribution in [0.1, 0.15) is 11.1 Å². The Kier molecular flexibility index (Phi) is 9.61. The zero-order chi connectivity index (χ0) is 20.6. The molecule has 2 rings (SSSR count). The van der Waals surface area contributed by atoms with Gasteiger partial charge in [0.15, 0.2) is 0 Å². The van der Waals surface area contributed by atoms with Gasteiger partial charge in [-0.15, -0.1) is 0 Å². The summed E-state index contributed by atoms with van der Waals surface area (Å²) in [6, 6.07) is 10.1. The standard InChI is InChI=1S/C19H26N4O4.2HI/c1-22(2,3)16-9-7-14(18(12-16)20(24)25)11-15-8-10-17(23(4,5)6)13-19(15)21(26)27;;/h7-10,12-13H,11H2,1-6H3;2*1H/q+2;;/p-2. The molecule has 0 aliphatic carbocycles. The van der Waals surface area contributed by atoms with E-state index in [0.29, 0.717) is 20.1 Å². The third kappa shape index (κ3) is 6.83. The van der Waals surface area contributed by atoms with E-state index in [4.69, 9.17) is 0 Å². The van der Waals surface area contributed by atoms with Crippen LogP contribution in [0.25, 0.3) is 0 Å². The lowest BCUT2D eigenvalue weighted by molar-refractivity contribution is -0.386. The minimum absolute atomic E-state index is 0. The molecule has 160 valence electrons. The van der Waals surface area contributed by atoms with Crippen LogP contribution in [0.4, 0.5) is 22.7 Å². The van der Waals surface area contributed by atoms with Crippen molar-refractivity contribution in [2.75, 3.05) is 42.3 Å². The lowest BCUT2D eigenvalue weighted by atomic mass is 10.00. The van der Waals surface area contributed by atoms with E-state index < -0.39 is 9.85 Å². The van der Waals surface area contributed by atoms with Gasteiger partial charge in [0.25, 0.3) is 11.4 Å². The molecule has 0 aliphatic rings. The SMILES string of the molecule is C[N+](C)(C)c1ccc(Cc2ccc([N+](C)(C)C)cc2[N+](=O)[O-])c([N+](=O)[O-])c1.[I-].[I-]. The van der Waals surface area contributed by atoms with E-state index in [1.54, 1.807) is 24.3 Å². The molecule has 29 heavy (non-hydrogen) atoms. The van der Waals surface area contributed by atoms with Gasteiger partial charge in [-0.1, -0.05) is 0 Å². The number of nitrogens with zero attached hydrogens (tertiary/aromatic N) is 4. The van der Waals surface area contributed by atoms with Crippen LogP contribution in [0.15, 0.2) is 36.4 Å². The fourth-order valence-electron chi connectivity index (χ4n) is 2.78. The number of nitro groups is 2. The molecular formula is C19H26I2N4O4. The molecule has 0 bridgehead atoms. The largest absolute Gasteiger partial charge is 1.00 e. The number of hydrogen-bond donors (Lipinski definition) is 0. The first kappa shape index (κ1) is 27.6. The molecule has 0 aliphatic heterocycles. The zero-order valence-electron chi connectivity index (χ0n) is 17.3. The van der Waals surface area contributed by atoms with Crippen LogP contribution in [0.2, 0.25) is 0 Å². The molecule has 0 heterocycles. The van der Waals surface area contributed by atoms with Crippen molar-refractivity contribution in [1.29, 1.82) is 0 Å². The van der Waals surface area contributed by atoms with Crippen molar-refractivity contribution in [3.63, 3.8) is 0 Å². The maximum atomic E-state index is 11.6. The number of quaternary nitrogens is 2. The third-order valence-electron chi connectivity index (χ3n) is 4.46. The van der Waals surface area contributed by atoms with Gasteiger partial charge in [0.2, 0.25) is 0 Å². The van der Waals surface area contributed by atoms with Gasteiger partial charge >= 0.3 is 0 Å². The van der Waals surface area contributed by atoms with Crippen LogP contribution in [-0.4, -0.2) is 52.1 Å². The number of hydrogen-bond acceptors (Lipinski definition) is 4. The molecule has 0 saturated heterocycles. The molecular weight excluding hydrogens is 602 g/mol. The minimum Gasteiger partial charge on any atom is -1.00 e. The molecule has 8 nitrogen and oxygen atoms in total. The van der Waals surface area contributed by atoms with E-state index in [2.05, 4.69) is 0 Å². The fourth-order valence-corrected chi connectivity index (χ4v) is 2.78. The van der Waals surface area contributed by atoms with Crippen molar-refractivity contribution in [2.45, 2.75) is 6.42 Å². The van der Waals surface area contributed by atoms with E-state index in [9.17, 15) is 20.2 Å². The average Bonchev–Trinajstić information content (AvgIpc) is 2.53. The van der Waals surface area contributed by atoms with Crippen molar-refractivity contribution in [1.82, 2.24) is 8.97 Å². The highest BCUT2D eigenvalue weighted by Gasteiger charge is 2.25. The second-order valence-corrected chi connectivity index (χ2v) is 8.34. The maximum absolute atomic E-state index is 11.6. The first-order valence-corrected chi connectivity index (χ1v) is 8.49. The quantitative estimate of drug-likeness (QED) is 0.153. The molecule has 0 atom stereocenters. The second-order valence-electron chi connectivity index (χ2n) is 8.34. The van der Waals surface area contributed by atoms with Gasteiger partial charge in [0.1, 0.15) is 11.4 Å². The lowest BCUT2D eigenvalue weighted by Crippen LogP contribution is -3.00. The van der Waals surface area contributed by atoms with E-state index in [1.807, 2.05) is 54.4 Å². The van der Waals surface area contributed by atoms with E-state index in [-0.39, 0.29) is 65.7 Å². The van der Waals surface area contributed by atoms with E-state index in [0.717, 1.165) is 11.4 Å². The van der Waals surface area contributed by atoms with E-state index in [1.165, 1.54) is 0 Å². The molecule has 0 unspecified atom stereocenters.